The number of carbonyl (C=O) groups is 1. The highest BCUT2D eigenvalue weighted by atomic mass is 35.5. The van der Waals surface area contributed by atoms with Crippen LogP contribution in [0.5, 0.6) is 0 Å². The van der Waals surface area contributed by atoms with Gasteiger partial charge in [-0.05, 0) is 24.0 Å². The van der Waals surface area contributed by atoms with E-state index in [1.165, 1.54) is 0 Å². The molecule has 1 aromatic rings. The number of benzene rings is 1. The summed E-state index contributed by atoms with van der Waals surface area (Å²) >= 11 is 6.41. The van der Waals surface area contributed by atoms with Crippen molar-refractivity contribution >= 4 is 23.2 Å². The molecule has 19 heavy (non-hydrogen) atoms. The fraction of sp³-hybridized carbons (Fsp3) is 0.533. The number of nitrogens with one attached hydrogen (secondary N) is 1. The van der Waals surface area contributed by atoms with Gasteiger partial charge in [0.15, 0.2) is 0 Å². The maximum absolute atomic E-state index is 12.5. The van der Waals surface area contributed by atoms with Gasteiger partial charge in [-0.1, -0.05) is 38.4 Å². The number of rotatable bonds is 3. The van der Waals surface area contributed by atoms with Crippen LogP contribution in [-0.2, 0) is 5.41 Å². The van der Waals surface area contributed by atoms with Gasteiger partial charge in [0.05, 0.1) is 16.3 Å². The van der Waals surface area contributed by atoms with Crippen LogP contribution < -0.4 is 5.32 Å². The summed E-state index contributed by atoms with van der Waals surface area (Å²) in [6, 6.07) is 3.90. The molecule has 0 heterocycles. The molecule has 0 aliphatic rings. The molecule has 1 aromatic carbocycles. The van der Waals surface area contributed by atoms with E-state index in [0.29, 0.717) is 17.1 Å². The lowest BCUT2D eigenvalue weighted by Gasteiger charge is -2.26. The van der Waals surface area contributed by atoms with Gasteiger partial charge < -0.3 is 10.2 Å². The van der Waals surface area contributed by atoms with Crippen molar-refractivity contribution in [3.63, 3.8) is 0 Å². The topological polar surface area (TPSA) is 32.3 Å². The summed E-state index contributed by atoms with van der Waals surface area (Å²) in [6.45, 7) is 8.86. The number of anilines is 1. The van der Waals surface area contributed by atoms with Gasteiger partial charge in [0.2, 0.25) is 0 Å². The Balaban J connectivity index is 3.52. The van der Waals surface area contributed by atoms with Crippen LogP contribution in [0.25, 0.3) is 0 Å². The van der Waals surface area contributed by atoms with Crippen molar-refractivity contribution in [2.24, 2.45) is 0 Å². The second kappa shape index (κ2) is 5.83. The van der Waals surface area contributed by atoms with Gasteiger partial charge in [-0.3, -0.25) is 4.79 Å². The maximum atomic E-state index is 12.5. The van der Waals surface area contributed by atoms with Crippen molar-refractivity contribution < 1.29 is 4.79 Å². The van der Waals surface area contributed by atoms with E-state index in [-0.39, 0.29) is 11.3 Å². The summed E-state index contributed by atoms with van der Waals surface area (Å²) in [6.07, 6.45) is 0. The average Bonchev–Trinajstić information content (AvgIpc) is 2.35. The fourth-order valence-corrected chi connectivity index (χ4v) is 2.28. The molecule has 0 saturated heterocycles. The van der Waals surface area contributed by atoms with Crippen LogP contribution in [-0.4, -0.2) is 31.4 Å². The first-order valence-corrected chi connectivity index (χ1v) is 6.88. The van der Waals surface area contributed by atoms with Gasteiger partial charge in [-0.15, -0.1) is 0 Å². The molecule has 0 aromatic heterocycles. The van der Waals surface area contributed by atoms with Crippen molar-refractivity contribution in [2.75, 3.05) is 26.0 Å². The normalized spacial score (nSPS) is 11.3. The Labute approximate surface area is 120 Å². The SMILES string of the molecule is CCN(C)C(=O)c1c(C(C)(C)C)ccc(NC)c1Cl. The number of amides is 1. The van der Waals surface area contributed by atoms with E-state index in [1.54, 1.807) is 19.0 Å². The molecule has 0 spiro atoms. The minimum atomic E-state index is -0.129. The predicted molar refractivity (Wildman–Crippen MR) is 82.3 cm³/mol. The molecule has 1 rings (SSSR count). The smallest absolute Gasteiger partial charge is 0.255 e. The van der Waals surface area contributed by atoms with Crippen LogP contribution in [0, 0.1) is 0 Å². The average molecular weight is 283 g/mol. The third-order valence-electron chi connectivity index (χ3n) is 3.25. The van der Waals surface area contributed by atoms with Crippen LogP contribution in [0.2, 0.25) is 5.02 Å². The third-order valence-corrected chi connectivity index (χ3v) is 3.65. The van der Waals surface area contributed by atoms with Crippen molar-refractivity contribution in [3.05, 3.63) is 28.3 Å². The van der Waals surface area contributed by atoms with Crippen LogP contribution >= 0.6 is 11.6 Å². The Hall–Kier alpha value is -1.22. The lowest BCUT2D eigenvalue weighted by Crippen LogP contribution is -2.29. The van der Waals surface area contributed by atoms with E-state index in [1.807, 2.05) is 19.1 Å². The summed E-state index contributed by atoms with van der Waals surface area (Å²) < 4.78 is 0. The molecular formula is C15H23ClN2O. The second-order valence-electron chi connectivity index (χ2n) is 5.67. The number of carbonyl (C=O) groups excluding carboxylic acids is 1. The number of nitrogens with zero attached hydrogens (tertiary/aromatic N) is 1. The molecule has 0 aliphatic carbocycles. The highest BCUT2D eigenvalue weighted by molar-refractivity contribution is 6.36. The zero-order valence-corrected chi connectivity index (χ0v) is 13.4. The van der Waals surface area contributed by atoms with E-state index in [0.717, 1.165) is 11.3 Å². The predicted octanol–water partition coefficient (Wildman–Crippen LogP) is 3.77. The van der Waals surface area contributed by atoms with Crippen molar-refractivity contribution in [3.8, 4) is 0 Å². The van der Waals surface area contributed by atoms with Gasteiger partial charge in [0.1, 0.15) is 0 Å². The number of hydrogen-bond acceptors (Lipinski definition) is 2. The molecule has 0 saturated carbocycles. The van der Waals surface area contributed by atoms with Crippen molar-refractivity contribution in [1.29, 1.82) is 0 Å². The summed E-state index contributed by atoms with van der Waals surface area (Å²) in [5.41, 5.74) is 2.23. The monoisotopic (exact) mass is 282 g/mol. The summed E-state index contributed by atoms with van der Waals surface area (Å²) in [7, 11) is 3.59. The molecule has 0 bridgehead atoms. The van der Waals surface area contributed by atoms with Gasteiger partial charge >= 0.3 is 0 Å². The first-order valence-electron chi connectivity index (χ1n) is 6.50. The van der Waals surface area contributed by atoms with Crippen LogP contribution in [0.15, 0.2) is 12.1 Å². The quantitative estimate of drug-likeness (QED) is 0.915. The molecule has 0 atom stereocenters. The Morgan fingerprint density at radius 1 is 1.37 bits per heavy atom. The van der Waals surface area contributed by atoms with Gasteiger partial charge in [-0.25, -0.2) is 0 Å². The Bertz CT molecular complexity index is 478. The zero-order chi connectivity index (χ0) is 14.8. The second-order valence-corrected chi connectivity index (χ2v) is 6.05. The Kier molecular flexibility index (Phi) is 4.86. The largest absolute Gasteiger partial charge is 0.387 e. The van der Waals surface area contributed by atoms with Gasteiger partial charge in [0, 0.05) is 20.6 Å². The Morgan fingerprint density at radius 3 is 2.37 bits per heavy atom. The zero-order valence-electron chi connectivity index (χ0n) is 12.6. The van der Waals surface area contributed by atoms with E-state index < -0.39 is 0 Å². The molecule has 1 amide bonds. The van der Waals surface area contributed by atoms with Crippen molar-refractivity contribution in [1.82, 2.24) is 4.90 Å². The molecule has 0 unspecified atom stereocenters. The molecular weight excluding hydrogens is 260 g/mol. The van der Waals surface area contributed by atoms with Crippen molar-refractivity contribution in [2.45, 2.75) is 33.1 Å². The standard InChI is InChI=1S/C15H23ClN2O/c1-7-18(6)14(19)12-10(15(2,3)4)8-9-11(17-5)13(12)16/h8-9,17H,7H2,1-6H3. The highest BCUT2D eigenvalue weighted by Gasteiger charge is 2.26. The van der Waals surface area contributed by atoms with E-state index in [9.17, 15) is 4.79 Å². The summed E-state index contributed by atoms with van der Waals surface area (Å²) in [4.78, 5) is 14.2. The van der Waals surface area contributed by atoms with E-state index >= 15 is 0 Å². The number of hydrogen-bond donors (Lipinski definition) is 1. The van der Waals surface area contributed by atoms with Gasteiger partial charge in [0.25, 0.3) is 5.91 Å². The molecule has 0 aliphatic heterocycles. The molecule has 0 radical (unpaired) electrons. The summed E-state index contributed by atoms with van der Waals surface area (Å²) in [5.74, 6) is -0.0328. The number of halogens is 1. The third kappa shape index (κ3) is 3.21. The van der Waals surface area contributed by atoms with Gasteiger partial charge in [-0.2, -0.15) is 0 Å². The van der Waals surface area contributed by atoms with Crippen LogP contribution in [0.4, 0.5) is 5.69 Å². The molecule has 3 nitrogen and oxygen atoms in total. The first kappa shape index (κ1) is 15.8. The van der Waals surface area contributed by atoms with E-state index in [4.69, 9.17) is 11.6 Å². The summed E-state index contributed by atoms with van der Waals surface area (Å²) in [5, 5.41) is 3.52. The lowest BCUT2D eigenvalue weighted by molar-refractivity contribution is 0.0800. The molecule has 0 fully saturated rings. The minimum Gasteiger partial charge on any atom is -0.387 e. The minimum absolute atomic E-state index is 0.0328. The van der Waals surface area contributed by atoms with E-state index in [2.05, 4.69) is 26.1 Å². The Morgan fingerprint density at radius 2 is 1.95 bits per heavy atom. The first-order chi connectivity index (χ1) is 8.73. The maximum Gasteiger partial charge on any atom is 0.255 e. The van der Waals surface area contributed by atoms with Crippen LogP contribution in [0.1, 0.15) is 43.6 Å². The lowest BCUT2D eigenvalue weighted by atomic mass is 9.83. The molecule has 1 N–H and O–H groups in total. The van der Waals surface area contributed by atoms with Crippen LogP contribution in [0.3, 0.4) is 0 Å². The fourth-order valence-electron chi connectivity index (χ4n) is 1.94. The molecule has 4 heteroatoms. The molecule has 106 valence electrons. The highest BCUT2D eigenvalue weighted by Crippen LogP contribution is 2.35.